The molecule has 0 aromatic rings. The van der Waals surface area contributed by atoms with Crippen LogP contribution in [0.4, 0.5) is 0 Å². The van der Waals surface area contributed by atoms with Gasteiger partial charge in [-0.15, -0.1) is 0 Å². The van der Waals surface area contributed by atoms with Gasteiger partial charge in [0.15, 0.2) is 0 Å². The predicted octanol–water partition coefficient (Wildman–Crippen LogP) is 0.328. The van der Waals surface area contributed by atoms with Gasteiger partial charge in [0.2, 0.25) is 11.8 Å². The molecule has 2 amide bonds. The third-order valence-electron chi connectivity index (χ3n) is 1.18. The number of nitrogens with zero attached hydrogens (tertiary/aromatic N) is 1. The molecule has 8 heteroatoms. The second-order valence-electron chi connectivity index (χ2n) is 2.80. The van der Waals surface area contributed by atoms with Crippen molar-refractivity contribution in [3.63, 3.8) is 0 Å². The molecule has 0 saturated carbocycles. The van der Waals surface area contributed by atoms with E-state index in [0.717, 1.165) is 18.2 Å². The van der Waals surface area contributed by atoms with E-state index in [9.17, 15) is 14.4 Å². The fourth-order valence-corrected chi connectivity index (χ4v) is 0.351. The minimum Gasteiger partial charge on any atom is -0.463 e. The summed E-state index contributed by atoms with van der Waals surface area (Å²) in [6.07, 6.45) is 4.47. The number of carbonyl (C=O) groups is 3. The Balaban J connectivity index is -0.000000107. The van der Waals surface area contributed by atoms with Crippen LogP contribution in [0.3, 0.4) is 0 Å². The molecule has 0 aliphatic carbocycles. The van der Waals surface area contributed by atoms with E-state index in [1.807, 2.05) is 0 Å². The zero-order valence-electron chi connectivity index (χ0n) is 13.2. The molecular weight excluding hydrogens is 302 g/mol. The van der Waals surface area contributed by atoms with Crippen molar-refractivity contribution in [2.24, 2.45) is 5.73 Å². The van der Waals surface area contributed by atoms with Gasteiger partial charge in [-0.2, -0.15) is 5.26 Å². The van der Waals surface area contributed by atoms with E-state index in [0.29, 0.717) is 6.61 Å². The van der Waals surface area contributed by atoms with E-state index in [1.165, 1.54) is 6.08 Å². The van der Waals surface area contributed by atoms with Crippen LogP contribution < -0.4 is 11.1 Å². The van der Waals surface area contributed by atoms with Gasteiger partial charge in [-0.05, 0) is 19.1 Å². The first-order chi connectivity index (χ1) is 10.8. The minimum absolute atomic E-state index is 0.329. The number of rotatable bonds is 5. The summed E-state index contributed by atoms with van der Waals surface area (Å²) in [7, 11) is 0. The maximum absolute atomic E-state index is 10.1. The Bertz CT molecular complexity index is 403. The smallest absolute Gasteiger partial charge is 0.330 e. The molecule has 0 atom stereocenters. The maximum Gasteiger partial charge on any atom is 0.330 e. The summed E-state index contributed by atoms with van der Waals surface area (Å²) in [6.45, 7) is 14.4. The molecular formula is C15H23N3O5. The first kappa shape index (κ1) is 28.0. The number of hydrogen-bond donors (Lipinski definition) is 3. The van der Waals surface area contributed by atoms with Crippen molar-refractivity contribution in [2.75, 3.05) is 13.3 Å². The van der Waals surface area contributed by atoms with Crippen LogP contribution in [0, 0.1) is 11.3 Å². The summed E-state index contributed by atoms with van der Waals surface area (Å²) < 4.78 is 4.43. The largest absolute Gasteiger partial charge is 0.463 e. The number of nitriles is 1. The third kappa shape index (κ3) is 55.2. The van der Waals surface area contributed by atoms with Crippen LogP contribution in [-0.2, 0) is 19.1 Å². The Kier molecular flexibility index (Phi) is 33.2. The van der Waals surface area contributed by atoms with Crippen LogP contribution in [0.5, 0.6) is 0 Å². The summed E-state index contributed by atoms with van der Waals surface area (Å²) in [4.78, 5) is 29.6. The van der Waals surface area contributed by atoms with Crippen molar-refractivity contribution in [1.82, 2.24) is 5.32 Å². The standard InChI is InChI=1S/C5H8O2.C4H7NO2.C3H5NO.C3H3N/c1-3-5(6)7-4-2;1-2-4(7)5-3-6;1-2-3(4)5;1-2-3-4/h3H,1,4H2,2H3;2,6H,1,3H2,(H,5,7);2H,1H2,(H2,4,5);2H,1H2. The van der Waals surface area contributed by atoms with Gasteiger partial charge < -0.3 is 20.9 Å². The fourth-order valence-electron chi connectivity index (χ4n) is 0.351. The Labute approximate surface area is 136 Å². The number of primary amides is 1. The van der Waals surface area contributed by atoms with Gasteiger partial charge >= 0.3 is 5.97 Å². The van der Waals surface area contributed by atoms with Crippen LogP contribution in [0.2, 0.25) is 0 Å². The van der Waals surface area contributed by atoms with E-state index < -0.39 is 5.91 Å². The number of carbonyl (C=O) groups excluding carboxylic acids is 3. The van der Waals surface area contributed by atoms with Crippen molar-refractivity contribution in [1.29, 1.82) is 5.26 Å². The topological polar surface area (TPSA) is 143 Å². The van der Waals surface area contributed by atoms with Crippen LogP contribution in [-0.4, -0.2) is 36.2 Å². The monoisotopic (exact) mass is 325 g/mol. The molecule has 0 heterocycles. The first-order valence-electron chi connectivity index (χ1n) is 6.03. The lowest BCUT2D eigenvalue weighted by Crippen LogP contribution is -2.20. The fraction of sp³-hybridized carbons (Fsp3) is 0.200. The molecule has 128 valence electrons. The molecule has 0 aromatic carbocycles. The van der Waals surface area contributed by atoms with Crippen LogP contribution >= 0.6 is 0 Å². The van der Waals surface area contributed by atoms with Crippen molar-refractivity contribution < 1.29 is 24.2 Å². The van der Waals surface area contributed by atoms with Crippen molar-refractivity contribution in [3.05, 3.63) is 50.6 Å². The number of aliphatic hydroxyl groups is 1. The van der Waals surface area contributed by atoms with E-state index in [2.05, 4.69) is 42.1 Å². The SMILES string of the molecule is C=CC#N.C=CC(=O)NCO.C=CC(=O)OCC.C=CC(N)=O. The Hall–Kier alpha value is -3.18. The lowest BCUT2D eigenvalue weighted by molar-refractivity contribution is -0.137. The number of nitrogens with two attached hydrogens (primary N) is 1. The third-order valence-corrected chi connectivity index (χ3v) is 1.18. The van der Waals surface area contributed by atoms with Crippen LogP contribution in [0.1, 0.15) is 6.92 Å². The Morgan fingerprint density at radius 2 is 1.65 bits per heavy atom. The molecule has 0 saturated heterocycles. The Morgan fingerprint density at radius 1 is 1.22 bits per heavy atom. The lowest BCUT2D eigenvalue weighted by atomic mass is 10.6. The molecule has 0 radical (unpaired) electrons. The zero-order valence-corrected chi connectivity index (χ0v) is 13.2. The molecule has 0 unspecified atom stereocenters. The average Bonchev–Trinajstić information content (AvgIpc) is 2.56. The summed E-state index contributed by atoms with van der Waals surface area (Å²) >= 11 is 0. The number of hydrogen-bond acceptors (Lipinski definition) is 6. The van der Waals surface area contributed by atoms with E-state index in [1.54, 1.807) is 13.0 Å². The molecule has 0 bridgehead atoms. The highest BCUT2D eigenvalue weighted by molar-refractivity contribution is 5.86. The number of allylic oxidation sites excluding steroid dienone is 1. The van der Waals surface area contributed by atoms with Crippen LogP contribution in [0.25, 0.3) is 0 Å². The normalized spacial score (nSPS) is 6.65. The molecule has 4 N–H and O–H groups in total. The molecule has 0 fully saturated rings. The number of ether oxygens (including phenoxy) is 1. The molecule has 0 spiro atoms. The summed E-state index contributed by atoms with van der Waals surface area (Å²) in [5.74, 6) is -1.20. The van der Waals surface area contributed by atoms with Crippen LogP contribution in [0.15, 0.2) is 50.6 Å². The molecule has 0 aliphatic heterocycles. The summed E-state index contributed by atoms with van der Waals surface area (Å²) in [5.41, 5.74) is 4.53. The zero-order chi connectivity index (χ0) is 19.1. The highest BCUT2D eigenvalue weighted by Gasteiger charge is 1.86. The number of nitrogens with one attached hydrogen (secondary N) is 1. The van der Waals surface area contributed by atoms with Gasteiger partial charge in [-0.3, -0.25) is 9.59 Å². The van der Waals surface area contributed by atoms with Crippen molar-refractivity contribution in [3.8, 4) is 6.07 Å². The quantitative estimate of drug-likeness (QED) is 0.288. The molecule has 0 aromatic heterocycles. The van der Waals surface area contributed by atoms with E-state index in [4.69, 9.17) is 10.4 Å². The number of aliphatic hydroxyl groups excluding tert-OH is 1. The average molecular weight is 325 g/mol. The number of esters is 1. The second kappa shape index (κ2) is 27.2. The van der Waals surface area contributed by atoms with Gasteiger partial charge in [0.05, 0.1) is 12.7 Å². The minimum atomic E-state index is -0.481. The maximum atomic E-state index is 10.1. The molecule has 23 heavy (non-hydrogen) atoms. The van der Waals surface area contributed by atoms with E-state index in [-0.39, 0.29) is 18.6 Å². The summed E-state index contributed by atoms with van der Waals surface area (Å²) in [6, 6.07) is 1.69. The number of amides is 2. The van der Waals surface area contributed by atoms with Gasteiger partial charge in [-0.25, -0.2) is 4.79 Å². The lowest BCUT2D eigenvalue weighted by Gasteiger charge is -1.90. The van der Waals surface area contributed by atoms with Gasteiger partial charge in [0, 0.05) is 12.2 Å². The molecule has 0 rings (SSSR count). The second-order valence-corrected chi connectivity index (χ2v) is 2.80. The molecule has 8 nitrogen and oxygen atoms in total. The Morgan fingerprint density at radius 3 is 1.74 bits per heavy atom. The first-order valence-corrected chi connectivity index (χ1v) is 6.03. The van der Waals surface area contributed by atoms with Gasteiger partial charge in [-0.1, -0.05) is 26.3 Å². The van der Waals surface area contributed by atoms with Crippen molar-refractivity contribution >= 4 is 17.8 Å². The van der Waals surface area contributed by atoms with Gasteiger partial charge in [0.25, 0.3) is 0 Å². The highest BCUT2D eigenvalue weighted by Crippen LogP contribution is 1.74. The van der Waals surface area contributed by atoms with Gasteiger partial charge in [0.1, 0.15) is 6.73 Å². The summed E-state index contributed by atoms with van der Waals surface area (Å²) in [5, 5.41) is 17.6. The predicted molar refractivity (Wildman–Crippen MR) is 87.5 cm³/mol. The van der Waals surface area contributed by atoms with Crippen molar-refractivity contribution in [2.45, 2.75) is 6.92 Å². The molecule has 0 aliphatic rings. The van der Waals surface area contributed by atoms with E-state index >= 15 is 0 Å². The highest BCUT2D eigenvalue weighted by atomic mass is 16.5.